The van der Waals surface area contributed by atoms with Crippen LogP contribution in [0, 0.1) is 10.1 Å². The third kappa shape index (κ3) is 3.00. The molecule has 0 spiro atoms. The fourth-order valence-electron chi connectivity index (χ4n) is 2.20. The first-order valence-electron chi connectivity index (χ1n) is 6.95. The standard InChI is InChI=1S/C17H11NO6/c1-10(19)12-3-6-15(14(8-12)18(21)22)23-13-5-2-11-4-7-17(20)24-16(11)9-13/h2-9H,1H3. The predicted octanol–water partition coefficient (Wildman–Crippen LogP) is 3.70. The number of carbonyl (C=O) groups excluding carboxylic acids is 1. The van der Waals surface area contributed by atoms with Crippen LogP contribution in [0.1, 0.15) is 17.3 Å². The van der Waals surface area contributed by atoms with E-state index in [1.54, 1.807) is 18.2 Å². The minimum absolute atomic E-state index is 0.0115. The maximum atomic E-state index is 11.4. The monoisotopic (exact) mass is 325 g/mol. The van der Waals surface area contributed by atoms with E-state index in [2.05, 4.69) is 0 Å². The lowest BCUT2D eigenvalue weighted by molar-refractivity contribution is -0.385. The van der Waals surface area contributed by atoms with E-state index in [0.717, 1.165) is 0 Å². The van der Waals surface area contributed by atoms with Crippen LogP contribution < -0.4 is 10.4 Å². The molecule has 1 aromatic heterocycles. The number of nitro benzene ring substituents is 1. The lowest BCUT2D eigenvalue weighted by Crippen LogP contribution is -1.98. The molecule has 7 heteroatoms. The molecule has 0 bridgehead atoms. The molecule has 0 radical (unpaired) electrons. The third-order valence-electron chi connectivity index (χ3n) is 3.38. The van der Waals surface area contributed by atoms with Crippen LogP contribution in [0.25, 0.3) is 11.0 Å². The van der Waals surface area contributed by atoms with Crippen LogP contribution >= 0.6 is 0 Å². The zero-order valence-corrected chi connectivity index (χ0v) is 12.5. The average Bonchev–Trinajstić information content (AvgIpc) is 2.54. The average molecular weight is 325 g/mol. The van der Waals surface area contributed by atoms with Crippen molar-refractivity contribution >= 4 is 22.4 Å². The van der Waals surface area contributed by atoms with Gasteiger partial charge >= 0.3 is 11.3 Å². The fraction of sp³-hybridized carbons (Fsp3) is 0.0588. The Hall–Kier alpha value is -3.48. The van der Waals surface area contributed by atoms with Crippen molar-refractivity contribution in [3.05, 3.63) is 74.6 Å². The molecule has 0 aliphatic heterocycles. The molecule has 0 saturated carbocycles. The minimum atomic E-state index is -0.622. The molecule has 0 N–H and O–H groups in total. The first-order chi connectivity index (χ1) is 11.4. The van der Waals surface area contributed by atoms with E-state index in [4.69, 9.17) is 9.15 Å². The number of hydrogen-bond acceptors (Lipinski definition) is 6. The van der Waals surface area contributed by atoms with Gasteiger partial charge in [-0.2, -0.15) is 0 Å². The maximum absolute atomic E-state index is 11.4. The van der Waals surface area contributed by atoms with E-state index in [9.17, 15) is 19.7 Å². The summed E-state index contributed by atoms with van der Waals surface area (Å²) >= 11 is 0. The summed E-state index contributed by atoms with van der Waals surface area (Å²) in [4.78, 5) is 33.2. The van der Waals surface area contributed by atoms with Gasteiger partial charge in [-0.05, 0) is 37.3 Å². The number of ether oxygens (including phenoxy) is 1. The van der Waals surface area contributed by atoms with Crippen LogP contribution in [0.3, 0.4) is 0 Å². The van der Waals surface area contributed by atoms with E-state index >= 15 is 0 Å². The van der Waals surface area contributed by atoms with Gasteiger partial charge in [-0.25, -0.2) is 4.79 Å². The Morgan fingerprint density at radius 3 is 2.58 bits per heavy atom. The van der Waals surface area contributed by atoms with Crippen LogP contribution in [-0.2, 0) is 0 Å². The van der Waals surface area contributed by atoms with Crippen molar-refractivity contribution in [3.63, 3.8) is 0 Å². The normalized spacial score (nSPS) is 10.5. The summed E-state index contributed by atoms with van der Waals surface area (Å²) in [5, 5.41) is 11.9. The number of Topliss-reactive ketones (excluding diaryl/α,β-unsaturated/α-hetero) is 1. The van der Waals surface area contributed by atoms with Crippen LogP contribution in [0.5, 0.6) is 11.5 Å². The second-order valence-corrected chi connectivity index (χ2v) is 5.05. The van der Waals surface area contributed by atoms with Gasteiger partial charge in [0, 0.05) is 29.1 Å². The molecule has 1 heterocycles. The predicted molar refractivity (Wildman–Crippen MR) is 85.7 cm³/mol. The molecule has 2 aromatic carbocycles. The number of nitro groups is 1. The van der Waals surface area contributed by atoms with E-state index in [1.165, 1.54) is 37.3 Å². The molecule has 7 nitrogen and oxygen atoms in total. The van der Waals surface area contributed by atoms with Crippen molar-refractivity contribution in [1.29, 1.82) is 0 Å². The highest BCUT2D eigenvalue weighted by molar-refractivity contribution is 5.95. The van der Waals surface area contributed by atoms with Crippen molar-refractivity contribution in [3.8, 4) is 11.5 Å². The molecular formula is C17H11NO6. The van der Waals surface area contributed by atoms with Gasteiger partial charge < -0.3 is 9.15 Å². The Labute approximate surface area is 135 Å². The molecule has 24 heavy (non-hydrogen) atoms. The van der Waals surface area contributed by atoms with Gasteiger partial charge in [-0.15, -0.1) is 0 Å². The molecule has 3 aromatic rings. The summed E-state index contributed by atoms with van der Waals surface area (Å²) < 4.78 is 10.6. The Morgan fingerprint density at radius 1 is 1.12 bits per heavy atom. The molecule has 0 saturated heterocycles. The highest BCUT2D eigenvalue weighted by Gasteiger charge is 2.18. The van der Waals surface area contributed by atoms with Crippen LogP contribution in [0.15, 0.2) is 57.7 Å². The lowest BCUT2D eigenvalue weighted by atomic mass is 10.1. The van der Waals surface area contributed by atoms with Gasteiger partial charge in [0.25, 0.3) is 0 Å². The number of benzene rings is 2. The van der Waals surface area contributed by atoms with E-state index in [-0.39, 0.29) is 28.5 Å². The number of hydrogen-bond donors (Lipinski definition) is 0. The number of nitrogens with zero attached hydrogens (tertiary/aromatic N) is 1. The van der Waals surface area contributed by atoms with Gasteiger partial charge in [0.1, 0.15) is 11.3 Å². The molecule has 0 amide bonds. The fourth-order valence-corrected chi connectivity index (χ4v) is 2.20. The van der Waals surface area contributed by atoms with Crippen molar-refractivity contribution in [2.24, 2.45) is 0 Å². The van der Waals surface area contributed by atoms with Gasteiger partial charge in [-0.3, -0.25) is 14.9 Å². The van der Waals surface area contributed by atoms with Gasteiger partial charge in [0.15, 0.2) is 5.78 Å². The Bertz CT molecular complexity index is 1020. The second-order valence-electron chi connectivity index (χ2n) is 5.05. The SMILES string of the molecule is CC(=O)c1ccc(Oc2ccc3ccc(=O)oc3c2)c([N+](=O)[O-])c1. The number of ketones is 1. The smallest absolute Gasteiger partial charge is 0.336 e. The van der Waals surface area contributed by atoms with Crippen molar-refractivity contribution in [1.82, 2.24) is 0 Å². The van der Waals surface area contributed by atoms with E-state index in [0.29, 0.717) is 11.0 Å². The van der Waals surface area contributed by atoms with Crippen molar-refractivity contribution in [2.45, 2.75) is 6.92 Å². The molecule has 0 aliphatic carbocycles. The molecule has 0 fully saturated rings. The summed E-state index contributed by atoms with van der Waals surface area (Å²) in [6, 6.07) is 11.6. The van der Waals surface area contributed by atoms with Crippen molar-refractivity contribution < 1.29 is 18.9 Å². The third-order valence-corrected chi connectivity index (χ3v) is 3.38. The number of rotatable bonds is 4. The zero-order valence-electron chi connectivity index (χ0n) is 12.5. The molecule has 0 atom stereocenters. The maximum Gasteiger partial charge on any atom is 0.336 e. The summed E-state index contributed by atoms with van der Waals surface area (Å²) in [5.41, 5.74) is -0.296. The largest absolute Gasteiger partial charge is 0.450 e. The van der Waals surface area contributed by atoms with Crippen molar-refractivity contribution in [2.75, 3.05) is 0 Å². The molecule has 0 aliphatic rings. The highest BCUT2D eigenvalue weighted by atomic mass is 16.6. The Balaban J connectivity index is 2.03. The summed E-state index contributed by atoms with van der Waals surface area (Å²) in [6.07, 6.45) is 0. The molecule has 3 rings (SSSR count). The van der Waals surface area contributed by atoms with Gasteiger partial charge in [-0.1, -0.05) is 0 Å². The van der Waals surface area contributed by atoms with E-state index in [1.807, 2.05) is 0 Å². The van der Waals surface area contributed by atoms with Crippen LogP contribution in [0.2, 0.25) is 0 Å². The minimum Gasteiger partial charge on any atom is -0.450 e. The zero-order chi connectivity index (χ0) is 17.3. The Morgan fingerprint density at radius 2 is 1.88 bits per heavy atom. The summed E-state index contributed by atoms with van der Waals surface area (Å²) in [6.45, 7) is 1.32. The van der Waals surface area contributed by atoms with Crippen LogP contribution in [-0.4, -0.2) is 10.7 Å². The Kier molecular flexibility index (Phi) is 3.83. The summed E-state index contributed by atoms with van der Waals surface area (Å²) in [5.74, 6) is -0.0183. The van der Waals surface area contributed by atoms with E-state index < -0.39 is 10.5 Å². The number of carbonyl (C=O) groups is 1. The summed E-state index contributed by atoms with van der Waals surface area (Å²) in [7, 11) is 0. The highest BCUT2D eigenvalue weighted by Crippen LogP contribution is 2.33. The molecule has 0 unspecified atom stereocenters. The second kappa shape index (κ2) is 5.96. The quantitative estimate of drug-likeness (QED) is 0.314. The lowest BCUT2D eigenvalue weighted by Gasteiger charge is -2.07. The van der Waals surface area contributed by atoms with Gasteiger partial charge in [0.2, 0.25) is 5.75 Å². The number of fused-ring (bicyclic) bond motifs is 1. The first kappa shape index (κ1) is 15.4. The topological polar surface area (TPSA) is 99.7 Å². The van der Waals surface area contributed by atoms with Gasteiger partial charge in [0.05, 0.1) is 4.92 Å². The van der Waals surface area contributed by atoms with Crippen LogP contribution in [0.4, 0.5) is 5.69 Å². The first-order valence-corrected chi connectivity index (χ1v) is 6.95. The molecule has 120 valence electrons. The molecular weight excluding hydrogens is 314 g/mol.